The van der Waals surface area contributed by atoms with Crippen molar-refractivity contribution >= 4 is 32.7 Å². The molecule has 0 saturated heterocycles. The molecule has 2 heterocycles. The number of benzene rings is 3. The van der Waals surface area contributed by atoms with E-state index in [4.69, 9.17) is 13.9 Å². The SMILES string of the molecule is O=c1c2ccccc2oc2ccc3cc4c(cc3c12)OCCO4. The molecular weight excluding hydrogens is 292 g/mol. The monoisotopic (exact) mass is 304 g/mol. The fourth-order valence-electron chi connectivity index (χ4n) is 3.16. The Morgan fingerprint density at radius 1 is 0.783 bits per heavy atom. The zero-order chi connectivity index (χ0) is 15.4. The molecule has 0 aliphatic carbocycles. The van der Waals surface area contributed by atoms with Crippen LogP contribution < -0.4 is 14.9 Å². The number of ether oxygens (including phenoxy) is 2. The molecule has 0 amide bonds. The lowest BCUT2D eigenvalue weighted by molar-refractivity contribution is 0.172. The van der Waals surface area contributed by atoms with Crippen LogP contribution in [0, 0.1) is 0 Å². The van der Waals surface area contributed by atoms with E-state index >= 15 is 0 Å². The van der Waals surface area contributed by atoms with Crippen LogP contribution in [-0.4, -0.2) is 13.2 Å². The predicted molar refractivity (Wildman–Crippen MR) is 88.5 cm³/mol. The molecule has 0 radical (unpaired) electrons. The third kappa shape index (κ3) is 1.75. The van der Waals surface area contributed by atoms with Crippen molar-refractivity contribution in [2.75, 3.05) is 13.2 Å². The first-order valence-electron chi connectivity index (χ1n) is 7.49. The highest BCUT2D eigenvalue weighted by molar-refractivity contribution is 6.09. The molecule has 0 atom stereocenters. The Labute approximate surface area is 130 Å². The van der Waals surface area contributed by atoms with Gasteiger partial charge in [-0.25, -0.2) is 0 Å². The van der Waals surface area contributed by atoms with Gasteiger partial charge in [0.15, 0.2) is 11.5 Å². The van der Waals surface area contributed by atoms with Crippen LogP contribution in [0.3, 0.4) is 0 Å². The van der Waals surface area contributed by atoms with E-state index in [1.54, 1.807) is 6.07 Å². The molecule has 0 saturated carbocycles. The maximum absolute atomic E-state index is 12.9. The molecule has 0 N–H and O–H groups in total. The van der Waals surface area contributed by atoms with Crippen LogP contribution in [0.15, 0.2) is 57.7 Å². The van der Waals surface area contributed by atoms with Gasteiger partial charge in [0, 0.05) is 5.39 Å². The molecule has 1 aliphatic rings. The van der Waals surface area contributed by atoms with E-state index in [0.29, 0.717) is 46.7 Å². The Morgan fingerprint density at radius 3 is 2.43 bits per heavy atom. The normalized spacial score (nSPS) is 13.7. The Hall–Kier alpha value is -3.01. The molecule has 3 aromatic carbocycles. The summed E-state index contributed by atoms with van der Waals surface area (Å²) in [5.74, 6) is 1.39. The van der Waals surface area contributed by atoms with Gasteiger partial charge in [0.2, 0.25) is 5.43 Å². The van der Waals surface area contributed by atoms with E-state index in [2.05, 4.69) is 0 Å². The smallest absolute Gasteiger partial charge is 0.201 e. The largest absolute Gasteiger partial charge is 0.486 e. The molecule has 1 aliphatic heterocycles. The van der Waals surface area contributed by atoms with E-state index in [1.807, 2.05) is 42.5 Å². The van der Waals surface area contributed by atoms with Gasteiger partial charge in [-0.1, -0.05) is 18.2 Å². The molecule has 0 unspecified atom stereocenters. The van der Waals surface area contributed by atoms with Crippen LogP contribution in [0.5, 0.6) is 11.5 Å². The van der Waals surface area contributed by atoms with Crippen molar-refractivity contribution in [2.45, 2.75) is 0 Å². The van der Waals surface area contributed by atoms with Gasteiger partial charge in [-0.15, -0.1) is 0 Å². The molecule has 4 heteroatoms. The summed E-state index contributed by atoms with van der Waals surface area (Å²) in [6.07, 6.45) is 0. The molecule has 0 spiro atoms. The molecule has 4 aromatic rings. The van der Waals surface area contributed by atoms with Gasteiger partial charge in [-0.3, -0.25) is 4.79 Å². The Kier molecular flexibility index (Phi) is 2.45. The number of rotatable bonds is 0. The number of hydrogen-bond donors (Lipinski definition) is 0. The van der Waals surface area contributed by atoms with Crippen LogP contribution in [0.4, 0.5) is 0 Å². The van der Waals surface area contributed by atoms with Crippen molar-refractivity contribution < 1.29 is 13.9 Å². The van der Waals surface area contributed by atoms with E-state index in [9.17, 15) is 4.79 Å². The Morgan fingerprint density at radius 2 is 1.57 bits per heavy atom. The van der Waals surface area contributed by atoms with Gasteiger partial charge in [0.05, 0.1) is 10.8 Å². The summed E-state index contributed by atoms with van der Waals surface area (Å²) in [6.45, 7) is 1.06. The number of para-hydroxylation sites is 1. The highest BCUT2D eigenvalue weighted by Crippen LogP contribution is 2.37. The molecule has 5 rings (SSSR count). The fourth-order valence-corrected chi connectivity index (χ4v) is 3.16. The number of fused-ring (bicyclic) bond motifs is 5. The van der Waals surface area contributed by atoms with Gasteiger partial charge in [0.1, 0.15) is 24.4 Å². The van der Waals surface area contributed by atoms with Crippen LogP contribution in [0.1, 0.15) is 0 Å². The van der Waals surface area contributed by atoms with Gasteiger partial charge >= 0.3 is 0 Å². The molecule has 1 aromatic heterocycles. The average Bonchev–Trinajstić information content (AvgIpc) is 2.60. The first-order chi connectivity index (χ1) is 11.3. The van der Waals surface area contributed by atoms with Crippen LogP contribution in [-0.2, 0) is 0 Å². The van der Waals surface area contributed by atoms with Crippen molar-refractivity contribution in [2.24, 2.45) is 0 Å². The highest BCUT2D eigenvalue weighted by Gasteiger charge is 2.16. The summed E-state index contributed by atoms with van der Waals surface area (Å²) in [4.78, 5) is 12.9. The Balaban J connectivity index is 1.98. The van der Waals surface area contributed by atoms with Crippen molar-refractivity contribution in [1.29, 1.82) is 0 Å². The van der Waals surface area contributed by atoms with E-state index in [-0.39, 0.29) is 5.43 Å². The van der Waals surface area contributed by atoms with E-state index in [1.165, 1.54) is 0 Å². The first-order valence-corrected chi connectivity index (χ1v) is 7.49. The van der Waals surface area contributed by atoms with Crippen molar-refractivity contribution in [3.8, 4) is 11.5 Å². The van der Waals surface area contributed by atoms with Gasteiger partial charge < -0.3 is 13.9 Å². The minimum atomic E-state index is -0.0240. The predicted octanol–water partition coefficient (Wildman–Crippen LogP) is 3.87. The summed E-state index contributed by atoms with van der Waals surface area (Å²) in [7, 11) is 0. The summed E-state index contributed by atoms with van der Waals surface area (Å²) in [5.41, 5.74) is 1.16. The summed E-state index contributed by atoms with van der Waals surface area (Å²) < 4.78 is 17.2. The maximum Gasteiger partial charge on any atom is 0.201 e. The van der Waals surface area contributed by atoms with Crippen LogP contribution >= 0.6 is 0 Å². The van der Waals surface area contributed by atoms with Crippen LogP contribution in [0.25, 0.3) is 32.7 Å². The summed E-state index contributed by atoms with van der Waals surface area (Å²) in [5, 5.41) is 2.93. The second-order valence-corrected chi connectivity index (χ2v) is 5.58. The first kappa shape index (κ1) is 12.5. The second kappa shape index (κ2) is 4.49. The molecule has 23 heavy (non-hydrogen) atoms. The molecule has 4 nitrogen and oxygen atoms in total. The minimum absolute atomic E-state index is 0.0240. The molecular formula is C19H12O4. The highest BCUT2D eigenvalue weighted by atomic mass is 16.6. The molecule has 0 fully saturated rings. The minimum Gasteiger partial charge on any atom is -0.486 e. The lowest BCUT2D eigenvalue weighted by Crippen LogP contribution is -2.15. The van der Waals surface area contributed by atoms with Crippen molar-refractivity contribution in [1.82, 2.24) is 0 Å². The summed E-state index contributed by atoms with van der Waals surface area (Å²) in [6, 6.07) is 14.9. The molecule has 0 bridgehead atoms. The van der Waals surface area contributed by atoms with E-state index in [0.717, 1.165) is 10.8 Å². The van der Waals surface area contributed by atoms with Crippen molar-refractivity contribution in [3.05, 3.63) is 58.8 Å². The zero-order valence-corrected chi connectivity index (χ0v) is 12.2. The zero-order valence-electron chi connectivity index (χ0n) is 12.2. The quantitative estimate of drug-likeness (QED) is 0.365. The third-order valence-corrected chi connectivity index (χ3v) is 4.22. The summed E-state index contributed by atoms with van der Waals surface area (Å²) >= 11 is 0. The average molecular weight is 304 g/mol. The van der Waals surface area contributed by atoms with E-state index < -0.39 is 0 Å². The number of hydrogen-bond acceptors (Lipinski definition) is 4. The maximum atomic E-state index is 12.9. The van der Waals surface area contributed by atoms with Crippen LogP contribution in [0.2, 0.25) is 0 Å². The standard InChI is InChI=1S/C19H12O4/c20-19-12-3-1-2-4-14(12)23-15-6-5-11-9-16-17(22-8-7-21-16)10-13(11)18(15)19/h1-6,9-10H,7-8H2. The lowest BCUT2D eigenvalue weighted by Gasteiger charge is -2.19. The Bertz CT molecular complexity index is 1140. The third-order valence-electron chi connectivity index (χ3n) is 4.22. The van der Waals surface area contributed by atoms with Gasteiger partial charge in [-0.05, 0) is 35.7 Å². The van der Waals surface area contributed by atoms with Gasteiger partial charge in [0.25, 0.3) is 0 Å². The topological polar surface area (TPSA) is 48.7 Å². The van der Waals surface area contributed by atoms with Gasteiger partial charge in [-0.2, -0.15) is 0 Å². The fraction of sp³-hybridized carbons (Fsp3) is 0.105. The van der Waals surface area contributed by atoms with Crippen molar-refractivity contribution in [3.63, 3.8) is 0 Å². The lowest BCUT2D eigenvalue weighted by atomic mass is 10.0. The second-order valence-electron chi connectivity index (χ2n) is 5.58. The molecule has 112 valence electrons.